The molecule has 2 N–H and O–H groups in total. The minimum atomic E-state index is -3.66. The highest BCUT2D eigenvalue weighted by Crippen LogP contribution is 2.21. The molecule has 8 heteroatoms. The first-order valence-corrected chi connectivity index (χ1v) is 7.33. The number of hydrogen-bond acceptors (Lipinski definition) is 4. The van der Waals surface area contributed by atoms with Crippen LogP contribution in [0.5, 0.6) is 0 Å². The Morgan fingerprint density at radius 3 is 2.61 bits per heavy atom. The second kappa shape index (κ2) is 4.69. The molecule has 0 aliphatic rings. The Balaban J connectivity index is 2.37. The zero-order valence-corrected chi connectivity index (χ0v) is 12.1. The fourth-order valence-corrected chi connectivity index (χ4v) is 3.10. The van der Waals surface area contributed by atoms with E-state index >= 15 is 0 Å². The molecule has 0 aromatic carbocycles. The van der Waals surface area contributed by atoms with Gasteiger partial charge in [0, 0.05) is 10.7 Å². The lowest BCUT2D eigenvalue weighted by Crippen LogP contribution is -2.15. The highest BCUT2D eigenvalue weighted by atomic mass is 79.9. The first-order valence-electron chi connectivity index (χ1n) is 5.05. The summed E-state index contributed by atoms with van der Waals surface area (Å²) >= 11 is 3.27. The van der Waals surface area contributed by atoms with Crippen LogP contribution >= 0.6 is 15.9 Å². The van der Waals surface area contributed by atoms with Gasteiger partial charge in [-0.05, 0) is 41.4 Å². The quantitative estimate of drug-likeness (QED) is 0.900. The lowest BCUT2D eigenvalue weighted by molar-refractivity contribution is 0.600. The lowest BCUT2D eigenvalue weighted by Gasteiger charge is -2.08. The van der Waals surface area contributed by atoms with Crippen LogP contribution in [0.25, 0.3) is 0 Å². The standard InChI is InChI=1S/C10H11BrN4O2S/c1-6-3-8(11)4-12-10(6)15-18(16,17)9-5-13-14-7(9)2/h3-5H,1-2H3,(H,12,15)(H,13,14). The zero-order valence-electron chi connectivity index (χ0n) is 9.73. The molecule has 96 valence electrons. The van der Waals surface area contributed by atoms with Crippen molar-refractivity contribution in [3.8, 4) is 0 Å². The number of anilines is 1. The molecule has 0 saturated carbocycles. The molecule has 0 spiro atoms. The number of aryl methyl sites for hydroxylation is 2. The molecule has 0 unspecified atom stereocenters. The van der Waals surface area contributed by atoms with Crippen LogP contribution in [0.4, 0.5) is 5.82 Å². The molecule has 2 aromatic heterocycles. The molecule has 0 aliphatic heterocycles. The third kappa shape index (κ3) is 2.54. The van der Waals surface area contributed by atoms with E-state index in [1.54, 1.807) is 19.9 Å². The summed E-state index contributed by atoms with van der Waals surface area (Å²) in [5, 5.41) is 6.28. The molecule has 2 heterocycles. The first kappa shape index (κ1) is 13.0. The van der Waals surface area contributed by atoms with Crippen LogP contribution in [0.15, 0.2) is 27.8 Å². The van der Waals surface area contributed by atoms with Crippen LogP contribution in [0, 0.1) is 13.8 Å². The number of hydrogen-bond donors (Lipinski definition) is 2. The molecule has 2 rings (SSSR count). The molecule has 0 radical (unpaired) electrons. The molecular weight excluding hydrogens is 320 g/mol. The predicted molar refractivity (Wildman–Crippen MR) is 70.8 cm³/mol. The van der Waals surface area contributed by atoms with Gasteiger partial charge in [-0.25, -0.2) is 13.4 Å². The van der Waals surface area contributed by atoms with Gasteiger partial charge in [0.05, 0.1) is 11.9 Å². The molecule has 2 aromatic rings. The van der Waals surface area contributed by atoms with E-state index in [2.05, 4.69) is 35.8 Å². The van der Waals surface area contributed by atoms with Crippen molar-refractivity contribution in [3.05, 3.63) is 34.2 Å². The van der Waals surface area contributed by atoms with Crippen LogP contribution < -0.4 is 4.72 Å². The maximum Gasteiger partial charge on any atom is 0.266 e. The van der Waals surface area contributed by atoms with Crippen LogP contribution in [0.2, 0.25) is 0 Å². The van der Waals surface area contributed by atoms with Crippen LogP contribution in [-0.4, -0.2) is 23.6 Å². The SMILES string of the molecule is Cc1cc(Br)cnc1NS(=O)(=O)c1cn[nH]c1C. The van der Waals surface area contributed by atoms with Gasteiger partial charge in [-0.2, -0.15) is 5.10 Å². The van der Waals surface area contributed by atoms with Gasteiger partial charge in [0.2, 0.25) is 0 Å². The number of aromatic amines is 1. The highest BCUT2D eigenvalue weighted by molar-refractivity contribution is 9.10. The van der Waals surface area contributed by atoms with Crippen LogP contribution in [0.3, 0.4) is 0 Å². The van der Waals surface area contributed by atoms with Gasteiger partial charge in [-0.3, -0.25) is 9.82 Å². The Kier molecular flexibility index (Phi) is 3.40. The van der Waals surface area contributed by atoms with Gasteiger partial charge in [-0.15, -0.1) is 0 Å². The third-order valence-corrected chi connectivity index (χ3v) is 4.24. The van der Waals surface area contributed by atoms with Gasteiger partial charge >= 0.3 is 0 Å². The van der Waals surface area contributed by atoms with E-state index < -0.39 is 10.0 Å². The average molecular weight is 331 g/mol. The molecule has 0 bridgehead atoms. The van der Waals surface area contributed by atoms with Crippen molar-refractivity contribution in [2.45, 2.75) is 18.7 Å². The topological polar surface area (TPSA) is 87.7 Å². The van der Waals surface area contributed by atoms with Crippen molar-refractivity contribution in [1.82, 2.24) is 15.2 Å². The Labute approximate surface area is 113 Å². The molecular formula is C10H11BrN4O2S. The number of halogens is 1. The Morgan fingerprint density at radius 1 is 1.33 bits per heavy atom. The van der Waals surface area contributed by atoms with Gasteiger partial charge in [0.1, 0.15) is 10.7 Å². The highest BCUT2D eigenvalue weighted by Gasteiger charge is 2.19. The number of rotatable bonds is 3. The van der Waals surface area contributed by atoms with Crippen molar-refractivity contribution < 1.29 is 8.42 Å². The summed E-state index contributed by atoms with van der Waals surface area (Å²) in [6.45, 7) is 3.42. The number of sulfonamides is 1. The van der Waals surface area contributed by atoms with E-state index in [-0.39, 0.29) is 4.90 Å². The van der Waals surface area contributed by atoms with Crippen LogP contribution in [-0.2, 0) is 10.0 Å². The lowest BCUT2D eigenvalue weighted by atomic mass is 10.3. The second-order valence-electron chi connectivity index (χ2n) is 3.78. The third-order valence-electron chi connectivity index (χ3n) is 2.35. The largest absolute Gasteiger partial charge is 0.281 e. The molecule has 0 saturated heterocycles. The zero-order chi connectivity index (χ0) is 13.3. The summed E-state index contributed by atoms with van der Waals surface area (Å²) in [5.74, 6) is 0.304. The number of aromatic nitrogens is 3. The van der Waals surface area contributed by atoms with Gasteiger partial charge < -0.3 is 0 Å². The number of nitrogens with zero attached hydrogens (tertiary/aromatic N) is 2. The molecule has 18 heavy (non-hydrogen) atoms. The average Bonchev–Trinajstić information content (AvgIpc) is 2.69. The normalized spacial score (nSPS) is 11.5. The van der Waals surface area contributed by atoms with E-state index in [1.165, 1.54) is 12.4 Å². The Bertz CT molecular complexity index is 681. The van der Waals surface area contributed by atoms with Crippen molar-refractivity contribution in [3.63, 3.8) is 0 Å². The summed E-state index contributed by atoms with van der Waals surface area (Å²) in [5.41, 5.74) is 1.21. The summed E-state index contributed by atoms with van der Waals surface area (Å²) in [6.07, 6.45) is 2.80. The van der Waals surface area contributed by atoms with Crippen molar-refractivity contribution >= 4 is 31.8 Å². The molecule has 0 atom stereocenters. The number of pyridine rings is 1. The number of nitrogens with one attached hydrogen (secondary N) is 2. The van der Waals surface area contributed by atoms with Gasteiger partial charge in [-0.1, -0.05) is 0 Å². The van der Waals surface area contributed by atoms with E-state index in [4.69, 9.17) is 0 Å². The van der Waals surface area contributed by atoms with E-state index in [9.17, 15) is 8.42 Å². The minimum Gasteiger partial charge on any atom is -0.281 e. The fourth-order valence-electron chi connectivity index (χ4n) is 1.44. The van der Waals surface area contributed by atoms with Crippen LogP contribution in [0.1, 0.15) is 11.3 Å². The Hall–Kier alpha value is -1.41. The predicted octanol–water partition coefficient (Wildman–Crippen LogP) is 1.98. The van der Waals surface area contributed by atoms with Crippen molar-refractivity contribution in [2.75, 3.05) is 4.72 Å². The summed E-state index contributed by atoms with van der Waals surface area (Å²) in [6, 6.07) is 1.78. The van der Waals surface area contributed by atoms with Gasteiger partial charge in [0.25, 0.3) is 10.0 Å². The smallest absolute Gasteiger partial charge is 0.266 e. The van der Waals surface area contributed by atoms with E-state index in [0.29, 0.717) is 11.5 Å². The molecule has 6 nitrogen and oxygen atoms in total. The van der Waals surface area contributed by atoms with Crippen molar-refractivity contribution in [2.24, 2.45) is 0 Å². The van der Waals surface area contributed by atoms with Gasteiger partial charge in [0.15, 0.2) is 0 Å². The minimum absolute atomic E-state index is 0.117. The maximum absolute atomic E-state index is 12.1. The molecule has 0 amide bonds. The van der Waals surface area contributed by atoms with Crippen molar-refractivity contribution in [1.29, 1.82) is 0 Å². The fraction of sp³-hybridized carbons (Fsp3) is 0.200. The number of H-pyrrole nitrogens is 1. The second-order valence-corrected chi connectivity index (χ2v) is 6.35. The van der Waals surface area contributed by atoms with E-state index in [1.807, 2.05) is 0 Å². The Morgan fingerprint density at radius 2 is 2.06 bits per heavy atom. The van der Waals surface area contributed by atoms with E-state index in [0.717, 1.165) is 10.0 Å². The first-order chi connectivity index (χ1) is 8.40. The monoisotopic (exact) mass is 330 g/mol. The summed E-state index contributed by atoms with van der Waals surface area (Å²) in [4.78, 5) is 4.15. The molecule has 0 fully saturated rings. The summed E-state index contributed by atoms with van der Waals surface area (Å²) in [7, 11) is -3.66. The summed E-state index contributed by atoms with van der Waals surface area (Å²) < 4.78 is 27.4. The maximum atomic E-state index is 12.1. The molecule has 0 aliphatic carbocycles.